The standard InChI is InChI=1S/C12H12ClNO2S/c1-16-10-4-2-8(3-5-10)11(13)6-9-7-17-12(15)14-9/h2-5,7,11H,6H2,1H3,(H,14,15). The van der Waals surface area contributed by atoms with Crippen LogP contribution >= 0.6 is 22.9 Å². The first kappa shape index (κ1) is 12.2. The lowest BCUT2D eigenvalue weighted by atomic mass is 10.1. The second-order valence-corrected chi connectivity index (χ2v) is 4.99. The van der Waals surface area contributed by atoms with Crippen LogP contribution in [0, 0.1) is 0 Å². The van der Waals surface area contributed by atoms with Gasteiger partial charge in [0.25, 0.3) is 0 Å². The van der Waals surface area contributed by atoms with Gasteiger partial charge in [0.1, 0.15) is 5.75 Å². The van der Waals surface area contributed by atoms with Gasteiger partial charge in [0.05, 0.1) is 12.5 Å². The average Bonchev–Trinajstić information content (AvgIpc) is 2.75. The van der Waals surface area contributed by atoms with E-state index in [1.807, 2.05) is 24.3 Å². The molecule has 0 saturated carbocycles. The quantitative estimate of drug-likeness (QED) is 0.867. The van der Waals surface area contributed by atoms with Crippen molar-refractivity contribution in [1.29, 1.82) is 0 Å². The monoisotopic (exact) mass is 269 g/mol. The Morgan fingerprint density at radius 2 is 2.12 bits per heavy atom. The van der Waals surface area contributed by atoms with E-state index < -0.39 is 0 Å². The molecule has 0 spiro atoms. The summed E-state index contributed by atoms with van der Waals surface area (Å²) in [5.74, 6) is 0.807. The number of rotatable bonds is 4. The third-order valence-electron chi connectivity index (χ3n) is 2.45. The fourth-order valence-electron chi connectivity index (χ4n) is 1.54. The highest BCUT2D eigenvalue weighted by Crippen LogP contribution is 2.26. The van der Waals surface area contributed by atoms with Gasteiger partial charge in [-0.1, -0.05) is 23.5 Å². The topological polar surface area (TPSA) is 42.1 Å². The molecular weight excluding hydrogens is 258 g/mol. The van der Waals surface area contributed by atoms with E-state index in [-0.39, 0.29) is 10.3 Å². The van der Waals surface area contributed by atoms with E-state index in [9.17, 15) is 4.79 Å². The van der Waals surface area contributed by atoms with Gasteiger partial charge < -0.3 is 9.72 Å². The molecule has 17 heavy (non-hydrogen) atoms. The fraction of sp³-hybridized carbons (Fsp3) is 0.250. The normalized spacial score (nSPS) is 12.4. The molecule has 1 N–H and O–H groups in total. The van der Waals surface area contributed by atoms with Crippen molar-refractivity contribution in [2.75, 3.05) is 7.11 Å². The Kier molecular flexibility index (Phi) is 3.86. The van der Waals surface area contributed by atoms with Crippen LogP contribution in [0.3, 0.4) is 0 Å². The fourth-order valence-corrected chi connectivity index (χ4v) is 2.44. The first-order valence-corrected chi connectivity index (χ1v) is 6.45. The van der Waals surface area contributed by atoms with Crippen molar-refractivity contribution in [1.82, 2.24) is 4.98 Å². The Balaban J connectivity index is 2.08. The second-order valence-electron chi connectivity index (χ2n) is 3.62. The molecule has 0 aliphatic rings. The number of hydrogen-bond donors (Lipinski definition) is 1. The van der Waals surface area contributed by atoms with Crippen molar-refractivity contribution in [2.24, 2.45) is 0 Å². The maximum atomic E-state index is 11.0. The number of ether oxygens (including phenoxy) is 1. The van der Waals surface area contributed by atoms with Crippen LogP contribution in [0.5, 0.6) is 5.75 Å². The van der Waals surface area contributed by atoms with Gasteiger partial charge >= 0.3 is 4.87 Å². The molecule has 0 amide bonds. The SMILES string of the molecule is COc1ccc(C(Cl)Cc2csc(=O)[nH]2)cc1. The molecule has 1 atom stereocenters. The van der Waals surface area contributed by atoms with Crippen LogP contribution in [0.4, 0.5) is 0 Å². The molecule has 2 aromatic rings. The van der Waals surface area contributed by atoms with Crippen molar-refractivity contribution in [3.05, 3.63) is 50.6 Å². The van der Waals surface area contributed by atoms with Gasteiger partial charge in [0.2, 0.25) is 0 Å². The molecule has 1 unspecified atom stereocenters. The molecule has 0 aliphatic carbocycles. The number of nitrogens with one attached hydrogen (secondary N) is 1. The Hall–Kier alpha value is -1.26. The zero-order valence-corrected chi connectivity index (χ0v) is 10.8. The van der Waals surface area contributed by atoms with Crippen molar-refractivity contribution in [3.8, 4) is 5.75 Å². The Morgan fingerprint density at radius 3 is 2.65 bits per heavy atom. The largest absolute Gasteiger partial charge is 0.497 e. The summed E-state index contributed by atoms with van der Waals surface area (Å²) < 4.78 is 5.08. The van der Waals surface area contributed by atoms with Crippen molar-refractivity contribution >= 4 is 22.9 Å². The molecule has 0 bridgehead atoms. The van der Waals surface area contributed by atoms with Gasteiger partial charge in [-0.3, -0.25) is 4.79 Å². The average molecular weight is 270 g/mol. The maximum absolute atomic E-state index is 11.0. The summed E-state index contributed by atoms with van der Waals surface area (Å²) in [5.41, 5.74) is 1.88. The van der Waals surface area contributed by atoms with E-state index in [0.29, 0.717) is 6.42 Å². The third kappa shape index (κ3) is 3.11. The second kappa shape index (κ2) is 5.38. The van der Waals surface area contributed by atoms with Gasteiger partial charge in [-0.05, 0) is 17.7 Å². The smallest absolute Gasteiger partial charge is 0.304 e. The van der Waals surface area contributed by atoms with Crippen molar-refractivity contribution in [3.63, 3.8) is 0 Å². The number of methoxy groups -OCH3 is 1. The Bertz CT molecular complexity index is 532. The summed E-state index contributed by atoms with van der Waals surface area (Å²) >= 11 is 7.45. The molecule has 1 aromatic carbocycles. The molecule has 90 valence electrons. The lowest BCUT2D eigenvalue weighted by molar-refractivity contribution is 0.414. The number of hydrogen-bond acceptors (Lipinski definition) is 3. The Morgan fingerprint density at radius 1 is 1.41 bits per heavy atom. The molecule has 3 nitrogen and oxygen atoms in total. The first-order chi connectivity index (χ1) is 8.19. The number of halogens is 1. The van der Waals surface area contributed by atoms with Crippen LogP contribution < -0.4 is 9.61 Å². The van der Waals surface area contributed by atoms with E-state index in [2.05, 4.69) is 4.98 Å². The predicted octanol–water partition coefficient (Wildman–Crippen LogP) is 2.97. The number of aromatic nitrogens is 1. The molecule has 1 aromatic heterocycles. The summed E-state index contributed by atoms with van der Waals surface area (Å²) in [4.78, 5) is 13.7. The van der Waals surface area contributed by atoms with E-state index >= 15 is 0 Å². The number of H-pyrrole nitrogens is 1. The van der Waals surface area contributed by atoms with E-state index in [1.165, 1.54) is 0 Å². The molecule has 1 heterocycles. The first-order valence-electron chi connectivity index (χ1n) is 5.14. The van der Waals surface area contributed by atoms with E-state index in [1.54, 1.807) is 12.5 Å². The highest BCUT2D eigenvalue weighted by molar-refractivity contribution is 7.07. The lowest BCUT2D eigenvalue weighted by Crippen LogP contribution is -2.00. The minimum absolute atomic E-state index is 0.0430. The number of benzene rings is 1. The van der Waals surface area contributed by atoms with Gasteiger partial charge in [0, 0.05) is 17.5 Å². The van der Waals surface area contributed by atoms with Gasteiger partial charge in [-0.25, -0.2) is 0 Å². The summed E-state index contributed by atoms with van der Waals surface area (Å²) in [6.45, 7) is 0. The number of alkyl halides is 1. The van der Waals surface area contributed by atoms with Gasteiger partial charge in [-0.15, -0.1) is 11.6 Å². The van der Waals surface area contributed by atoms with Crippen molar-refractivity contribution in [2.45, 2.75) is 11.8 Å². The summed E-state index contributed by atoms with van der Waals surface area (Å²) in [7, 11) is 1.63. The van der Waals surface area contributed by atoms with Crippen LogP contribution in [-0.2, 0) is 6.42 Å². The highest BCUT2D eigenvalue weighted by atomic mass is 35.5. The Labute approximate surface area is 108 Å². The van der Waals surface area contributed by atoms with Crippen LogP contribution in [-0.4, -0.2) is 12.1 Å². The molecule has 0 aliphatic heterocycles. The van der Waals surface area contributed by atoms with E-state index in [0.717, 1.165) is 28.3 Å². The molecule has 0 fully saturated rings. The van der Waals surface area contributed by atoms with Crippen LogP contribution in [0.2, 0.25) is 0 Å². The predicted molar refractivity (Wildman–Crippen MR) is 70.2 cm³/mol. The van der Waals surface area contributed by atoms with Crippen LogP contribution in [0.15, 0.2) is 34.4 Å². The van der Waals surface area contributed by atoms with Crippen molar-refractivity contribution < 1.29 is 4.74 Å². The zero-order chi connectivity index (χ0) is 12.3. The molecule has 5 heteroatoms. The van der Waals surface area contributed by atoms with Gasteiger partial charge in [-0.2, -0.15) is 0 Å². The van der Waals surface area contributed by atoms with Gasteiger partial charge in [0.15, 0.2) is 0 Å². The molecular formula is C12H12ClNO2S. The third-order valence-corrected chi connectivity index (χ3v) is 3.57. The maximum Gasteiger partial charge on any atom is 0.304 e. The van der Waals surface area contributed by atoms with Crippen LogP contribution in [0.1, 0.15) is 16.6 Å². The molecule has 2 rings (SSSR count). The molecule has 0 saturated heterocycles. The number of aromatic amines is 1. The lowest BCUT2D eigenvalue weighted by Gasteiger charge is -2.09. The van der Waals surface area contributed by atoms with E-state index in [4.69, 9.17) is 16.3 Å². The minimum Gasteiger partial charge on any atom is -0.497 e. The van der Waals surface area contributed by atoms with Crippen LogP contribution in [0.25, 0.3) is 0 Å². The minimum atomic E-state index is -0.147. The highest BCUT2D eigenvalue weighted by Gasteiger charge is 2.10. The number of thiazole rings is 1. The summed E-state index contributed by atoms with van der Waals surface area (Å²) in [6, 6.07) is 7.62. The zero-order valence-electron chi connectivity index (χ0n) is 9.27. The summed E-state index contributed by atoms with van der Waals surface area (Å²) in [6.07, 6.45) is 0.618. The summed E-state index contributed by atoms with van der Waals surface area (Å²) in [5, 5.41) is 1.66. The molecule has 0 radical (unpaired) electrons.